The van der Waals surface area contributed by atoms with Crippen LogP contribution in [-0.4, -0.2) is 47.9 Å². The van der Waals surface area contributed by atoms with Crippen LogP contribution in [0.15, 0.2) is 11.9 Å². The summed E-state index contributed by atoms with van der Waals surface area (Å²) in [5, 5.41) is 0. The number of rotatable bonds is 6. The number of carbonyl (C=O) groups is 1. The SMILES string of the molecule is N/C(=C\CCCC(N)C(=O)N1CCCCC1)N1CCCCC1. The molecule has 126 valence electrons. The average molecular weight is 308 g/mol. The van der Waals surface area contributed by atoms with E-state index in [1.807, 2.05) is 4.90 Å². The molecule has 0 aliphatic carbocycles. The first-order valence-electron chi connectivity index (χ1n) is 8.93. The maximum atomic E-state index is 12.2. The van der Waals surface area contributed by atoms with Gasteiger partial charge in [0.1, 0.15) is 0 Å². The highest BCUT2D eigenvalue weighted by Gasteiger charge is 2.21. The molecule has 1 amide bonds. The van der Waals surface area contributed by atoms with E-state index in [2.05, 4.69) is 11.0 Å². The van der Waals surface area contributed by atoms with Crippen molar-refractivity contribution in [2.45, 2.75) is 63.8 Å². The van der Waals surface area contributed by atoms with Gasteiger partial charge in [-0.05, 0) is 63.9 Å². The molecule has 0 saturated carbocycles. The first-order valence-corrected chi connectivity index (χ1v) is 8.93. The summed E-state index contributed by atoms with van der Waals surface area (Å²) in [5.41, 5.74) is 12.2. The number of likely N-dealkylation sites (tertiary alicyclic amines) is 2. The molecule has 2 rings (SSSR count). The van der Waals surface area contributed by atoms with Crippen molar-refractivity contribution in [2.24, 2.45) is 11.5 Å². The van der Waals surface area contributed by atoms with Crippen molar-refractivity contribution in [2.75, 3.05) is 26.2 Å². The maximum Gasteiger partial charge on any atom is 0.239 e. The number of nitrogens with two attached hydrogens (primary N) is 2. The molecule has 5 nitrogen and oxygen atoms in total. The van der Waals surface area contributed by atoms with Crippen molar-refractivity contribution in [1.82, 2.24) is 9.80 Å². The number of allylic oxidation sites excluding steroid dienone is 1. The van der Waals surface area contributed by atoms with Gasteiger partial charge in [-0.1, -0.05) is 0 Å². The van der Waals surface area contributed by atoms with E-state index in [-0.39, 0.29) is 11.9 Å². The third kappa shape index (κ3) is 5.20. The molecule has 5 heteroatoms. The largest absolute Gasteiger partial charge is 0.386 e. The Labute approximate surface area is 134 Å². The van der Waals surface area contributed by atoms with Gasteiger partial charge in [0.25, 0.3) is 0 Å². The van der Waals surface area contributed by atoms with Crippen LogP contribution in [0.2, 0.25) is 0 Å². The van der Waals surface area contributed by atoms with Crippen LogP contribution < -0.4 is 11.5 Å². The van der Waals surface area contributed by atoms with Gasteiger partial charge in [0.15, 0.2) is 0 Å². The van der Waals surface area contributed by atoms with Crippen molar-refractivity contribution in [3.05, 3.63) is 11.9 Å². The molecule has 0 radical (unpaired) electrons. The van der Waals surface area contributed by atoms with E-state index in [0.29, 0.717) is 0 Å². The van der Waals surface area contributed by atoms with Gasteiger partial charge in [-0.3, -0.25) is 4.79 Å². The Bertz CT molecular complexity index is 371. The molecule has 1 unspecified atom stereocenters. The first kappa shape index (κ1) is 17.1. The van der Waals surface area contributed by atoms with Gasteiger partial charge in [0, 0.05) is 26.2 Å². The molecule has 2 aliphatic rings. The first-order chi connectivity index (χ1) is 10.7. The smallest absolute Gasteiger partial charge is 0.239 e. The maximum absolute atomic E-state index is 12.2. The highest BCUT2D eigenvalue weighted by molar-refractivity contribution is 5.81. The lowest BCUT2D eigenvalue weighted by Gasteiger charge is -2.29. The third-order valence-corrected chi connectivity index (χ3v) is 4.78. The second-order valence-electron chi connectivity index (χ2n) is 6.60. The number of piperidine rings is 2. The lowest BCUT2D eigenvalue weighted by Crippen LogP contribution is -2.45. The van der Waals surface area contributed by atoms with Gasteiger partial charge < -0.3 is 21.3 Å². The van der Waals surface area contributed by atoms with Crippen LogP contribution in [0.3, 0.4) is 0 Å². The van der Waals surface area contributed by atoms with Crippen molar-refractivity contribution in [3.8, 4) is 0 Å². The molecule has 2 fully saturated rings. The van der Waals surface area contributed by atoms with Crippen LogP contribution in [0.4, 0.5) is 0 Å². The summed E-state index contributed by atoms with van der Waals surface area (Å²) in [4.78, 5) is 16.4. The summed E-state index contributed by atoms with van der Waals surface area (Å²) in [6.07, 6.45) is 12.0. The fourth-order valence-electron chi connectivity index (χ4n) is 3.34. The molecule has 0 aromatic carbocycles. The normalized spacial score (nSPS) is 21.8. The van der Waals surface area contributed by atoms with E-state index in [0.717, 1.165) is 64.1 Å². The molecule has 0 aromatic rings. The number of unbranched alkanes of at least 4 members (excludes halogenated alkanes) is 1. The Kier molecular flexibility index (Phi) is 7.03. The van der Waals surface area contributed by atoms with Crippen LogP contribution in [0.1, 0.15) is 57.8 Å². The highest BCUT2D eigenvalue weighted by atomic mass is 16.2. The van der Waals surface area contributed by atoms with Gasteiger partial charge in [0.2, 0.25) is 5.91 Å². The Morgan fingerprint density at radius 3 is 2.09 bits per heavy atom. The zero-order valence-corrected chi connectivity index (χ0v) is 13.8. The van der Waals surface area contributed by atoms with Crippen molar-refractivity contribution in [3.63, 3.8) is 0 Å². The number of carbonyl (C=O) groups excluding carboxylic acids is 1. The summed E-state index contributed by atoms with van der Waals surface area (Å²) >= 11 is 0. The van der Waals surface area contributed by atoms with Gasteiger partial charge in [0.05, 0.1) is 11.9 Å². The molecule has 0 bridgehead atoms. The van der Waals surface area contributed by atoms with Gasteiger partial charge in [-0.2, -0.15) is 0 Å². The van der Waals surface area contributed by atoms with E-state index in [1.165, 1.54) is 25.7 Å². The number of amides is 1. The molecule has 0 spiro atoms. The molecule has 1 atom stereocenters. The number of hydrogen-bond acceptors (Lipinski definition) is 4. The third-order valence-electron chi connectivity index (χ3n) is 4.78. The minimum absolute atomic E-state index is 0.132. The zero-order chi connectivity index (χ0) is 15.8. The molecular weight excluding hydrogens is 276 g/mol. The van der Waals surface area contributed by atoms with Crippen LogP contribution in [0.5, 0.6) is 0 Å². The fraction of sp³-hybridized carbons (Fsp3) is 0.824. The highest BCUT2D eigenvalue weighted by Crippen LogP contribution is 2.14. The minimum atomic E-state index is -0.345. The molecule has 2 saturated heterocycles. The standard InChI is InChI=1S/C17H32N4O/c18-15(17(22)21-13-7-2-8-14-21)9-3-4-10-16(19)20-11-5-1-6-12-20/h10,15H,1-9,11-14,18-19H2/b16-10+. The van der Waals surface area contributed by atoms with Crippen molar-refractivity contribution in [1.29, 1.82) is 0 Å². The lowest BCUT2D eigenvalue weighted by atomic mass is 10.1. The van der Waals surface area contributed by atoms with Crippen LogP contribution in [0.25, 0.3) is 0 Å². The summed E-state index contributed by atoms with van der Waals surface area (Å²) in [7, 11) is 0. The Balaban J connectivity index is 1.65. The van der Waals surface area contributed by atoms with Crippen molar-refractivity contribution < 1.29 is 4.79 Å². The fourth-order valence-corrected chi connectivity index (χ4v) is 3.34. The summed E-state index contributed by atoms with van der Waals surface area (Å²) < 4.78 is 0. The number of nitrogens with zero attached hydrogens (tertiary/aromatic N) is 2. The van der Waals surface area contributed by atoms with Gasteiger partial charge in [-0.15, -0.1) is 0 Å². The topological polar surface area (TPSA) is 75.6 Å². The van der Waals surface area contributed by atoms with E-state index in [1.54, 1.807) is 0 Å². The summed E-state index contributed by atoms with van der Waals surface area (Å²) in [6, 6.07) is -0.345. The quantitative estimate of drug-likeness (QED) is 0.733. The molecular formula is C17H32N4O. The molecule has 0 aromatic heterocycles. The molecule has 2 heterocycles. The summed E-state index contributed by atoms with van der Waals surface area (Å²) in [6.45, 7) is 3.92. The van der Waals surface area contributed by atoms with E-state index >= 15 is 0 Å². The van der Waals surface area contributed by atoms with Crippen LogP contribution in [-0.2, 0) is 4.79 Å². The van der Waals surface area contributed by atoms with Gasteiger partial charge >= 0.3 is 0 Å². The van der Waals surface area contributed by atoms with E-state index in [9.17, 15) is 4.79 Å². The Hall–Kier alpha value is -1.23. The minimum Gasteiger partial charge on any atom is -0.386 e. The number of hydrogen-bond donors (Lipinski definition) is 2. The zero-order valence-electron chi connectivity index (χ0n) is 13.8. The average Bonchev–Trinajstić information content (AvgIpc) is 2.59. The predicted octanol–water partition coefficient (Wildman–Crippen LogP) is 1.78. The monoisotopic (exact) mass is 308 g/mol. The predicted molar refractivity (Wildman–Crippen MR) is 90.0 cm³/mol. The van der Waals surface area contributed by atoms with Crippen LogP contribution >= 0.6 is 0 Å². The Morgan fingerprint density at radius 1 is 0.955 bits per heavy atom. The Morgan fingerprint density at radius 2 is 1.50 bits per heavy atom. The molecule has 22 heavy (non-hydrogen) atoms. The second-order valence-corrected chi connectivity index (χ2v) is 6.60. The summed E-state index contributed by atoms with van der Waals surface area (Å²) in [5.74, 6) is 1.03. The van der Waals surface area contributed by atoms with Crippen LogP contribution in [0, 0.1) is 0 Å². The molecule has 4 N–H and O–H groups in total. The van der Waals surface area contributed by atoms with Gasteiger partial charge in [-0.25, -0.2) is 0 Å². The second kappa shape index (κ2) is 9.03. The van der Waals surface area contributed by atoms with E-state index in [4.69, 9.17) is 11.5 Å². The van der Waals surface area contributed by atoms with Crippen molar-refractivity contribution >= 4 is 5.91 Å². The molecule has 2 aliphatic heterocycles. The lowest BCUT2D eigenvalue weighted by molar-refractivity contribution is -0.133. The van der Waals surface area contributed by atoms with E-state index < -0.39 is 0 Å².